The molecule has 0 fully saturated rings. The van der Waals surface area contributed by atoms with Crippen LogP contribution in [0.5, 0.6) is 5.75 Å². The van der Waals surface area contributed by atoms with Gasteiger partial charge in [-0.2, -0.15) is 0 Å². The first-order valence-corrected chi connectivity index (χ1v) is 14.0. The molecule has 0 amide bonds. The van der Waals surface area contributed by atoms with E-state index in [-0.39, 0.29) is 11.4 Å². The normalized spacial score (nSPS) is 10.5. The number of sulfonamides is 1. The molecule has 0 atom stereocenters. The maximum atomic E-state index is 12.7. The van der Waals surface area contributed by atoms with Gasteiger partial charge in [-0.15, -0.1) is 0 Å². The van der Waals surface area contributed by atoms with Gasteiger partial charge in [-0.1, -0.05) is 48.0 Å². The molecule has 0 aliphatic carbocycles. The van der Waals surface area contributed by atoms with Crippen molar-refractivity contribution in [3.05, 3.63) is 78.1 Å². The Labute approximate surface area is 249 Å². The number of fused-ring (bicyclic) bond motifs is 2. The number of carbonyl (C=O) groups is 4. The van der Waals surface area contributed by atoms with E-state index in [9.17, 15) is 8.42 Å². The molecule has 14 nitrogen and oxygen atoms in total. The number of nitrogens with zero attached hydrogens (tertiary/aromatic N) is 1. The second kappa shape index (κ2) is 16.6. The van der Waals surface area contributed by atoms with Crippen LogP contribution in [0.1, 0.15) is 0 Å². The highest BCUT2D eigenvalue weighted by Crippen LogP contribution is 2.31. The van der Waals surface area contributed by atoms with Crippen LogP contribution in [0.25, 0.3) is 21.5 Å². The summed E-state index contributed by atoms with van der Waals surface area (Å²) >= 11 is 6.23. The minimum absolute atomic E-state index is 0.255. The van der Waals surface area contributed by atoms with Gasteiger partial charge in [0.25, 0.3) is 0 Å². The first-order chi connectivity index (χ1) is 20.3. The van der Waals surface area contributed by atoms with E-state index in [1.165, 1.54) is 0 Å². The van der Waals surface area contributed by atoms with Crippen LogP contribution in [0.15, 0.2) is 78.0 Å². The average molecular weight is 636 g/mol. The van der Waals surface area contributed by atoms with E-state index in [1.807, 2.05) is 42.5 Å². The fourth-order valence-corrected chi connectivity index (χ4v) is 4.88. The Bertz CT molecular complexity index is 1660. The zero-order valence-electron chi connectivity index (χ0n) is 22.1. The number of aromatic nitrogens is 1. The zero-order chi connectivity index (χ0) is 32.0. The quantitative estimate of drug-likeness (QED) is 0.115. The maximum absolute atomic E-state index is 12.7. The molecular formula is C27H26ClN3O11S. The third-order valence-electron chi connectivity index (χ3n) is 5.26. The van der Waals surface area contributed by atoms with Crippen molar-refractivity contribution < 1.29 is 52.8 Å². The van der Waals surface area contributed by atoms with Gasteiger partial charge < -0.3 is 30.5 Å². The highest BCUT2D eigenvalue weighted by molar-refractivity contribution is 7.89. The van der Waals surface area contributed by atoms with Gasteiger partial charge in [0, 0.05) is 58.6 Å². The van der Waals surface area contributed by atoms with Crippen LogP contribution >= 0.6 is 11.6 Å². The monoisotopic (exact) mass is 635 g/mol. The SMILES string of the molecule is O=C(O)C(=O)O.O=C(O)C(=O)O.O=S(=O)(NCCNCCOc1ccc(Cl)c2ccccc12)c1cccc2cnccc12. The highest BCUT2D eigenvalue weighted by Gasteiger charge is 2.16. The van der Waals surface area contributed by atoms with Crippen LogP contribution in [0.3, 0.4) is 0 Å². The molecule has 0 radical (unpaired) electrons. The largest absolute Gasteiger partial charge is 0.492 e. The van der Waals surface area contributed by atoms with Crippen molar-refractivity contribution in [1.29, 1.82) is 0 Å². The van der Waals surface area contributed by atoms with Crippen molar-refractivity contribution in [3.8, 4) is 5.75 Å². The molecular weight excluding hydrogens is 610 g/mol. The van der Waals surface area contributed by atoms with Crippen molar-refractivity contribution in [2.24, 2.45) is 0 Å². The molecule has 0 unspecified atom stereocenters. The standard InChI is InChI=1S/C23H22ClN3O3S.2C2H2O4/c24-21-8-9-22(20-6-2-1-5-19(20)21)30-15-14-25-12-13-27-31(28,29)23-7-3-4-17-16-26-11-10-18(17)23;2*3-1(4)2(5)6/h1-11,16,25,27H,12-15H2;2*(H,3,4)(H,5,6). The Kier molecular flexibility index (Phi) is 13.2. The number of nitrogens with one attached hydrogen (secondary N) is 2. The van der Waals surface area contributed by atoms with Gasteiger partial charge in [-0.05, 0) is 24.3 Å². The number of pyridine rings is 1. The summed E-state index contributed by atoms with van der Waals surface area (Å²) in [6.07, 6.45) is 3.24. The lowest BCUT2D eigenvalue weighted by atomic mass is 10.1. The number of carboxylic acid groups (broad SMARTS) is 4. The Morgan fingerprint density at radius 2 is 1.37 bits per heavy atom. The number of hydrogen-bond acceptors (Lipinski definition) is 9. The summed E-state index contributed by atoms with van der Waals surface area (Å²) in [4.78, 5) is 40.7. The van der Waals surface area contributed by atoms with E-state index in [2.05, 4.69) is 15.0 Å². The molecule has 1 heterocycles. The fourth-order valence-electron chi connectivity index (χ4n) is 3.40. The molecule has 0 spiro atoms. The molecule has 0 bridgehead atoms. The lowest BCUT2D eigenvalue weighted by Crippen LogP contribution is -2.33. The van der Waals surface area contributed by atoms with E-state index in [1.54, 1.807) is 30.6 Å². The van der Waals surface area contributed by atoms with E-state index < -0.39 is 33.9 Å². The van der Waals surface area contributed by atoms with Gasteiger partial charge in [0.15, 0.2) is 0 Å². The van der Waals surface area contributed by atoms with Crippen LogP contribution in [0.4, 0.5) is 0 Å². The van der Waals surface area contributed by atoms with Gasteiger partial charge in [0.2, 0.25) is 10.0 Å². The smallest absolute Gasteiger partial charge is 0.414 e. The van der Waals surface area contributed by atoms with Crippen molar-refractivity contribution >= 4 is 67.0 Å². The van der Waals surface area contributed by atoms with E-state index in [0.29, 0.717) is 30.1 Å². The minimum atomic E-state index is -3.61. The average Bonchev–Trinajstić information content (AvgIpc) is 2.98. The second-order valence-electron chi connectivity index (χ2n) is 8.16. The first-order valence-electron chi connectivity index (χ1n) is 12.1. The first kappa shape index (κ1) is 34.4. The topological polar surface area (TPSA) is 230 Å². The number of aliphatic carboxylic acids is 4. The number of rotatable bonds is 9. The molecule has 0 aliphatic heterocycles. The molecule has 0 aliphatic rings. The Morgan fingerprint density at radius 3 is 2.00 bits per heavy atom. The van der Waals surface area contributed by atoms with Gasteiger partial charge in [0.05, 0.1) is 4.90 Å². The second-order valence-corrected chi connectivity index (χ2v) is 10.3. The van der Waals surface area contributed by atoms with Crippen LogP contribution < -0.4 is 14.8 Å². The number of benzene rings is 3. The van der Waals surface area contributed by atoms with Crippen molar-refractivity contribution in [2.45, 2.75) is 4.90 Å². The van der Waals surface area contributed by atoms with E-state index >= 15 is 0 Å². The summed E-state index contributed by atoms with van der Waals surface area (Å²) in [5.41, 5.74) is 0. The number of halogens is 1. The highest BCUT2D eigenvalue weighted by atomic mass is 35.5. The summed E-state index contributed by atoms with van der Waals surface area (Å²) in [5, 5.41) is 36.8. The van der Waals surface area contributed by atoms with Crippen LogP contribution in [-0.4, -0.2) is 83.9 Å². The Balaban J connectivity index is 0.000000455. The number of ether oxygens (including phenoxy) is 1. The third kappa shape index (κ3) is 10.8. The molecule has 4 rings (SSSR count). The molecule has 43 heavy (non-hydrogen) atoms. The molecule has 228 valence electrons. The Hall–Kier alpha value is -4.83. The number of carboxylic acids is 4. The molecule has 1 aromatic heterocycles. The molecule has 0 saturated carbocycles. The third-order valence-corrected chi connectivity index (χ3v) is 7.11. The van der Waals surface area contributed by atoms with E-state index in [0.717, 1.165) is 21.9 Å². The molecule has 16 heteroatoms. The van der Waals surface area contributed by atoms with Crippen molar-refractivity contribution in [2.75, 3.05) is 26.2 Å². The van der Waals surface area contributed by atoms with Crippen LogP contribution in [-0.2, 0) is 29.2 Å². The summed E-state index contributed by atoms with van der Waals surface area (Å²) in [7, 11) is -3.61. The van der Waals surface area contributed by atoms with Gasteiger partial charge in [0.1, 0.15) is 12.4 Å². The summed E-state index contributed by atoms with van der Waals surface area (Å²) in [5.74, 6) is -6.53. The fraction of sp³-hybridized carbons (Fsp3) is 0.148. The lowest BCUT2D eigenvalue weighted by Gasteiger charge is -2.12. The number of hydrogen-bond donors (Lipinski definition) is 6. The zero-order valence-corrected chi connectivity index (χ0v) is 23.7. The summed E-state index contributed by atoms with van der Waals surface area (Å²) < 4.78 is 33.9. The van der Waals surface area contributed by atoms with Gasteiger partial charge in [-0.25, -0.2) is 32.3 Å². The minimum Gasteiger partial charge on any atom is -0.492 e. The molecule has 3 aromatic carbocycles. The van der Waals surface area contributed by atoms with Crippen molar-refractivity contribution in [1.82, 2.24) is 15.0 Å². The lowest BCUT2D eigenvalue weighted by molar-refractivity contribution is -0.159. The summed E-state index contributed by atoms with van der Waals surface area (Å²) in [6, 6.07) is 18.4. The van der Waals surface area contributed by atoms with Crippen molar-refractivity contribution in [3.63, 3.8) is 0 Å². The predicted molar refractivity (Wildman–Crippen MR) is 155 cm³/mol. The molecule has 0 saturated heterocycles. The molecule has 4 aromatic rings. The predicted octanol–water partition coefficient (Wildman–Crippen LogP) is 2.30. The maximum Gasteiger partial charge on any atom is 0.414 e. The van der Waals surface area contributed by atoms with E-state index in [4.69, 9.17) is 55.9 Å². The summed E-state index contributed by atoms with van der Waals surface area (Å²) in [6.45, 7) is 1.79. The van der Waals surface area contributed by atoms with Gasteiger partial charge in [-0.3, -0.25) is 4.98 Å². The Morgan fingerprint density at radius 1 is 0.744 bits per heavy atom. The van der Waals surface area contributed by atoms with Crippen LogP contribution in [0.2, 0.25) is 5.02 Å². The van der Waals surface area contributed by atoms with Gasteiger partial charge >= 0.3 is 23.9 Å². The van der Waals surface area contributed by atoms with Crippen LogP contribution in [0, 0.1) is 0 Å². The molecule has 6 N–H and O–H groups in total.